The lowest BCUT2D eigenvalue weighted by atomic mass is 10.1. The minimum absolute atomic E-state index is 0.0228. The number of amides is 1. The Morgan fingerprint density at radius 1 is 1.14 bits per heavy atom. The Morgan fingerprint density at radius 3 is 2.79 bits per heavy atom. The lowest BCUT2D eigenvalue weighted by Gasteiger charge is -2.41. The molecule has 0 spiro atoms. The van der Waals surface area contributed by atoms with E-state index in [4.69, 9.17) is 9.47 Å². The number of benzene rings is 2. The van der Waals surface area contributed by atoms with Gasteiger partial charge in [-0.05, 0) is 50.3 Å². The van der Waals surface area contributed by atoms with Gasteiger partial charge in [-0.1, -0.05) is 6.58 Å². The summed E-state index contributed by atoms with van der Waals surface area (Å²) in [6.07, 6.45) is 5.94. The topological polar surface area (TPSA) is 110 Å². The van der Waals surface area contributed by atoms with E-state index in [9.17, 15) is 4.79 Å². The van der Waals surface area contributed by atoms with Crippen LogP contribution in [0.5, 0.6) is 17.2 Å². The second kappa shape index (κ2) is 11.0. The molecule has 2 aromatic carbocycles. The number of rotatable bonds is 7. The number of pyridine rings is 1. The quantitative estimate of drug-likeness (QED) is 0.275. The zero-order valence-electron chi connectivity index (χ0n) is 23.4. The van der Waals surface area contributed by atoms with Crippen LogP contribution < -0.4 is 19.7 Å². The second-order valence-corrected chi connectivity index (χ2v) is 9.97. The van der Waals surface area contributed by atoms with Crippen molar-refractivity contribution in [1.82, 2.24) is 29.5 Å². The summed E-state index contributed by atoms with van der Waals surface area (Å²) in [5.41, 5.74) is 2.65. The van der Waals surface area contributed by atoms with Gasteiger partial charge in [-0.2, -0.15) is 5.10 Å². The molecule has 3 aromatic heterocycles. The van der Waals surface area contributed by atoms with Gasteiger partial charge in [0.25, 0.3) is 0 Å². The van der Waals surface area contributed by atoms with Gasteiger partial charge in [-0.25, -0.2) is 23.9 Å². The molecule has 4 heterocycles. The van der Waals surface area contributed by atoms with Crippen molar-refractivity contribution in [3.8, 4) is 17.2 Å². The van der Waals surface area contributed by atoms with Crippen molar-refractivity contribution in [1.29, 1.82) is 0 Å². The summed E-state index contributed by atoms with van der Waals surface area (Å²) in [5.74, 6) is 1.29. The first-order valence-corrected chi connectivity index (χ1v) is 13.4. The highest BCUT2D eigenvalue weighted by Gasteiger charge is 2.29. The Hall–Kier alpha value is -5.26. The molecule has 1 N–H and O–H groups in total. The van der Waals surface area contributed by atoms with Gasteiger partial charge in [0.2, 0.25) is 5.91 Å². The number of nitrogens with zero attached hydrogens (tertiary/aromatic N) is 7. The maximum atomic E-state index is 15.7. The number of ether oxygens (including phenoxy) is 2. The average molecular weight is 569 g/mol. The molecule has 0 aliphatic carbocycles. The molecule has 6 rings (SSSR count). The van der Waals surface area contributed by atoms with Crippen molar-refractivity contribution in [3.05, 3.63) is 79.3 Å². The molecule has 0 unspecified atom stereocenters. The number of methoxy groups -OCH3 is 1. The van der Waals surface area contributed by atoms with E-state index in [0.717, 1.165) is 5.69 Å². The van der Waals surface area contributed by atoms with Gasteiger partial charge in [0.05, 0.1) is 29.4 Å². The minimum Gasteiger partial charge on any atom is -0.494 e. The van der Waals surface area contributed by atoms with Gasteiger partial charge in [0, 0.05) is 43.5 Å². The predicted molar refractivity (Wildman–Crippen MR) is 157 cm³/mol. The summed E-state index contributed by atoms with van der Waals surface area (Å²) < 4.78 is 29.2. The third kappa shape index (κ3) is 4.80. The van der Waals surface area contributed by atoms with Gasteiger partial charge in [-0.15, -0.1) is 0 Å². The van der Waals surface area contributed by atoms with Crippen LogP contribution >= 0.6 is 0 Å². The number of fused-ring (bicyclic) bond motifs is 2. The van der Waals surface area contributed by atoms with Crippen molar-refractivity contribution >= 4 is 39.6 Å². The normalized spacial score (nSPS) is 15.2. The standard InChI is InChI=1S/C30H29FN8O3/c1-5-26(40)38-13-12-37(15-18(38)2)23-8-6-21-27(29(23)41-4)30(34-16-32-21)36-22-7-9-24(19(3)28(22)31)42-20-10-11-39-25(14-20)33-17-35-39/h5-11,14,16-18H,1,12-13,15H2,2-4H3,(H,32,34,36)/t18-/m1/s1. The molecular formula is C30H29FN8O3. The number of halogens is 1. The monoisotopic (exact) mass is 568 g/mol. The molecule has 1 aliphatic heterocycles. The van der Waals surface area contributed by atoms with Crippen molar-refractivity contribution in [2.75, 3.05) is 37.0 Å². The first kappa shape index (κ1) is 26.9. The fraction of sp³-hybridized carbons (Fsp3) is 0.233. The number of nitrogens with one attached hydrogen (secondary N) is 1. The van der Waals surface area contributed by atoms with E-state index in [1.807, 2.05) is 19.1 Å². The van der Waals surface area contributed by atoms with Crippen molar-refractivity contribution < 1.29 is 18.7 Å². The Labute approximate surface area is 241 Å². The number of carbonyl (C=O) groups excluding carboxylic acids is 1. The van der Waals surface area contributed by atoms with E-state index in [1.165, 1.54) is 18.7 Å². The first-order valence-electron chi connectivity index (χ1n) is 13.4. The summed E-state index contributed by atoms with van der Waals surface area (Å²) in [7, 11) is 1.59. The molecule has 0 radical (unpaired) electrons. The van der Waals surface area contributed by atoms with Crippen molar-refractivity contribution in [2.45, 2.75) is 19.9 Å². The molecular weight excluding hydrogens is 539 g/mol. The summed E-state index contributed by atoms with van der Waals surface area (Å²) in [5, 5.41) is 7.84. The molecule has 42 heavy (non-hydrogen) atoms. The predicted octanol–water partition coefficient (Wildman–Crippen LogP) is 4.89. The molecule has 11 nitrogen and oxygen atoms in total. The largest absolute Gasteiger partial charge is 0.494 e. The summed E-state index contributed by atoms with van der Waals surface area (Å²) >= 11 is 0. The Balaban J connectivity index is 1.31. The molecule has 1 atom stereocenters. The number of anilines is 3. The Morgan fingerprint density at radius 2 is 2.00 bits per heavy atom. The summed E-state index contributed by atoms with van der Waals surface area (Å²) in [6.45, 7) is 9.04. The first-order chi connectivity index (χ1) is 20.4. The zero-order valence-corrected chi connectivity index (χ0v) is 23.4. The molecule has 1 saturated heterocycles. The maximum Gasteiger partial charge on any atom is 0.246 e. The molecule has 214 valence electrons. The fourth-order valence-electron chi connectivity index (χ4n) is 5.27. The fourth-order valence-corrected chi connectivity index (χ4v) is 5.27. The number of aromatic nitrogens is 5. The van der Waals surface area contributed by atoms with Crippen molar-refractivity contribution in [2.24, 2.45) is 0 Å². The van der Waals surface area contributed by atoms with Crippen molar-refractivity contribution in [3.63, 3.8) is 0 Å². The molecule has 1 amide bonds. The third-order valence-corrected chi connectivity index (χ3v) is 7.44. The van der Waals surface area contributed by atoms with Crippen LogP contribution in [0.2, 0.25) is 0 Å². The van der Waals surface area contributed by atoms with Crippen LogP contribution in [0.4, 0.5) is 21.6 Å². The molecule has 5 aromatic rings. The average Bonchev–Trinajstić information content (AvgIpc) is 3.48. The highest BCUT2D eigenvalue weighted by atomic mass is 19.1. The number of hydrogen-bond donors (Lipinski definition) is 1. The van der Waals surface area contributed by atoms with Crippen LogP contribution in [0.15, 0.2) is 67.9 Å². The highest BCUT2D eigenvalue weighted by molar-refractivity contribution is 6.00. The maximum absolute atomic E-state index is 15.7. The van der Waals surface area contributed by atoms with E-state index in [0.29, 0.717) is 64.8 Å². The molecule has 1 aliphatic rings. The van der Waals surface area contributed by atoms with Crippen LogP contribution in [0, 0.1) is 12.7 Å². The van der Waals surface area contributed by atoms with E-state index >= 15 is 4.39 Å². The van der Waals surface area contributed by atoms with Crippen LogP contribution in [-0.2, 0) is 4.79 Å². The molecule has 1 fully saturated rings. The highest BCUT2D eigenvalue weighted by Crippen LogP contribution is 2.41. The zero-order chi connectivity index (χ0) is 29.4. The molecule has 0 saturated carbocycles. The van der Waals surface area contributed by atoms with Gasteiger partial charge in [-0.3, -0.25) is 4.79 Å². The number of hydrogen-bond acceptors (Lipinski definition) is 9. The van der Waals surface area contributed by atoms with Gasteiger partial charge in [0.15, 0.2) is 17.2 Å². The summed E-state index contributed by atoms with van der Waals surface area (Å²) in [4.78, 5) is 29.2. The third-order valence-electron chi connectivity index (χ3n) is 7.44. The number of carbonyl (C=O) groups is 1. The SMILES string of the molecule is C=CC(=O)N1CCN(c2ccc3ncnc(Nc4ccc(Oc5ccn6ncnc6c5)c(C)c4F)c3c2OC)C[C@H]1C. The smallest absolute Gasteiger partial charge is 0.246 e. The van der Waals surface area contributed by atoms with Crippen LogP contribution in [0.1, 0.15) is 12.5 Å². The molecule has 12 heteroatoms. The van der Waals surface area contributed by atoms with E-state index < -0.39 is 5.82 Å². The summed E-state index contributed by atoms with van der Waals surface area (Å²) in [6, 6.07) is 10.6. The van der Waals surface area contributed by atoms with Gasteiger partial charge < -0.3 is 24.6 Å². The minimum atomic E-state index is -0.477. The van der Waals surface area contributed by atoms with E-state index in [1.54, 1.807) is 53.9 Å². The Bertz CT molecular complexity index is 1820. The van der Waals surface area contributed by atoms with E-state index in [-0.39, 0.29) is 17.6 Å². The second-order valence-electron chi connectivity index (χ2n) is 9.97. The van der Waals surface area contributed by atoms with Crippen LogP contribution in [0.3, 0.4) is 0 Å². The lowest BCUT2D eigenvalue weighted by molar-refractivity contribution is -0.128. The van der Waals surface area contributed by atoms with Gasteiger partial charge >= 0.3 is 0 Å². The lowest BCUT2D eigenvalue weighted by Crippen LogP contribution is -2.53. The van der Waals surface area contributed by atoms with Gasteiger partial charge in [0.1, 0.15) is 30.0 Å². The Kier molecular flexibility index (Phi) is 7.03. The van der Waals surface area contributed by atoms with Crippen LogP contribution in [0.25, 0.3) is 16.6 Å². The molecule has 0 bridgehead atoms. The number of piperazine rings is 1. The van der Waals surface area contributed by atoms with Crippen LogP contribution in [-0.4, -0.2) is 68.2 Å². The van der Waals surface area contributed by atoms with E-state index in [2.05, 4.69) is 36.8 Å².